The molecule has 0 aromatic carbocycles. The Balaban J connectivity index is 2.36. The smallest absolute Gasteiger partial charge is 0.0221 e. The third-order valence-electron chi connectivity index (χ3n) is 1.20. The minimum atomic E-state index is 0.605. The van der Waals surface area contributed by atoms with Crippen LogP contribution in [0.15, 0.2) is 12.2 Å². The van der Waals surface area contributed by atoms with Gasteiger partial charge in [-0.3, -0.25) is 0 Å². The first-order valence-electron chi connectivity index (χ1n) is 2.79. The van der Waals surface area contributed by atoms with Gasteiger partial charge in [-0.05, 0) is 19.9 Å². The second kappa shape index (κ2) is 2.12. The molecule has 7 heavy (non-hydrogen) atoms. The van der Waals surface area contributed by atoms with Crippen molar-refractivity contribution < 1.29 is 0 Å². The highest BCUT2D eigenvalue weighted by molar-refractivity contribution is 4.95. The van der Waals surface area contributed by atoms with Crippen molar-refractivity contribution in [2.75, 3.05) is 6.54 Å². The lowest BCUT2D eigenvalue weighted by Crippen LogP contribution is -2.27. The Hall–Kier alpha value is -0.300. The summed E-state index contributed by atoms with van der Waals surface area (Å²) in [5.41, 5.74) is 0. The molecule has 1 heteroatoms. The SMILES string of the molecule is CC1C=CCCN1. The molecule has 1 N–H and O–H groups in total. The van der Waals surface area contributed by atoms with Gasteiger partial charge in [-0.15, -0.1) is 0 Å². The molecule has 1 rings (SSSR count). The third-order valence-corrected chi connectivity index (χ3v) is 1.20. The molecule has 40 valence electrons. The zero-order valence-electron chi connectivity index (χ0n) is 4.65. The Morgan fingerprint density at radius 2 is 2.57 bits per heavy atom. The maximum absolute atomic E-state index is 3.30. The van der Waals surface area contributed by atoms with E-state index in [9.17, 15) is 0 Å². The van der Waals surface area contributed by atoms with Crippen molar-refractivity contribution in [3.8, 4) is 0 Å². The lowest BCUT2D eigenvalue weighted by Gasteiger charge is -2.11. The average Bonchev–Trinajstić information content (AvgIpc) is 1.69. The van der Waals surface area contributed by atoms with E-state index < -0.39 is 0 Å². The maximum Gasteiger partial charge on any atom is 0.0221 e. The van der Waals surface area contributed by atoms with Crippen molar-refractivity contribution in [1.29, 1.82) is 0 Å². The first-order valence-corrected chi connectivity index (χ1v) is 2.79. The molecule has 1 heterocycles. The molecule has 0 saturated carbocycles. The fourth-order valence-corrected chi connectivity index (χ4v) is 0.763. The van der Waals surface area contributed by atoms with Crippen molar-refractivity contribution in [3.63, 3.8) is 0 Å². The van der Waals surface area contributed by atoms with Crippen LogP contribution in [0.5, 0.6) is 0 Å². The quantitative estimate of drug-likeness (QED) is 0.443. The van der Waals surface area contributed by atoms with Gasteiger partial charge in [0.05, 0.1) is 0 Å². The standard InChI is InChI=1S/C6H11N/c1-6-4-2-3-5-7-6/h2,4,6-7H,3,5H2,1H3. The second-order valence-corrected chi connectivity index (χ2v) is 1.96. The second-order valence-electron chi connectivity index (χ2n) is 1.96. The normalized spacial score (nSPS) is 30.7. The third kappa shape index (κ3) is 1.32. The molecule has 1 unspecified atom stereocenters. The number of hydrogen-bond donors (Lipinski definition) is 1. The predicted octanol–water partition coefficient (Wildman–Crippen LogP) is 0.924. The van der Waals surface area contributed by atoms with Crippen molar-refractivity contribution >= 4 is 0 Å². The van der Waals surface area contributed by atoms with E-state index in [0.717, 1.165) is 6.54 Å². The van der Waals surface area contributed by atoms with Gasteiger partial charge in [0, 0.05) is 6.04 Å². The van der Waals surface area contributed by atoms with Gasteiger partial charge in [0.2, 0.25) is 0 Å². The molecular weight excluding hydrogens is 86.1 g/mol. The number of nitrogens with one attached hydrogen (secondary N) is 1. The van der Waals surface area contributed by atoms with Crippen molar-refractivity contribution in [3.05, 3.63) is 12.2 Å². The Morgan fingerprint density at radius 3 is 2.86 bits per heavy atom. The lowest BCUT2D eigenvalue weighted by molar-refractivity contribution is 0.613. The topological polar surface area (TPSA) is 12.0 Å². The van der Waals surface area contributed by atoms with Crippen molar-refractivity contribution in [2.24, 2.45) is 0 Å². The van der Waals surface area contributed by atoms with Gasteiger partial charge in [0.25, 0.3) is 0 Å². The minimum Gasteiger partial charge on any atom is -0.310 e. The van der Waals surface area contributed by atoms with Crippen LogP contribution in [0, 0.1) is 0 Å². The zero-order chi connectivity index (χ0) is 5.11. The molecule has 0 spiro atoms. The summed E-state index contributed by atoms with van der Waals surface area (Å²) in [4.78, 5) is 0. The molecule has 0 aromatic rings. The summed E-state index contributed by atoms with van der Waals surface area (Å²) in [6, 6.07) is 0.605. The summed E-state index contributed by atoms with van der Waals surface area (Å²) < 4.78 is 0. The van der Waals surface area contributed by atoms with Crippen LogP contribution >= 0.6 is 0 Å². The van der Waals surface area contributed by atoms with Crippen LogP contribution in [0.25, 0.3) is 0 Å². The highest BCUT2D eigenvalue weighted by Crippen LogP contribution is 1.93. The molecule has 0 fully saturated rings. The van der Waals surface area contributed by atoms with E-state index in [2.05, 4.69) is 24.4 Å². The molecule has 1 aliphatic rings. The van der Waals surface area contributed by atoms with Crippen LogP contribution in [-0.2, 0) is 0 Å². The van der Waals surface area contributed by atoms with Gasteiger partial charge in [-0.1, -0.05) is 12.2 Å². The first kappa shape index (κ1) is 4.85. The van der Waals surface area contributed by atoms with E-state index >= 15 is 0 Å². The number of hydrogen-bond acceptors (Lipinski definition) is 1. The summed E-state index contributed by atoms with van der Waals surface area (Å²) in [6.45, 7) is 3.31. The largest absolute Gasteiger partial charge is 0.310 e. The van der Waals surface area contributed by atoms with E-state index in [1.807, 2.05) is 0 Å². The van der Waals surface area contributed by atoms with Crippen molar-refractivity contribution in [1.82, 2.24) is 5.32 Å². The van der Waals surface area contributed by atoms with Gasteiger partial charge < -0.3 is 5.32 Å². The minimum absolute atomic E-state index is 0.605. The van der Waals surface area contributed by atoms with Crippen LogP contribution in [0.4, 0.5) is 0 Å². The first-order chi connectivity index (χ1) is 3.39. The van der Waals surface area contributed by atoms with Gasteiger partial charge >= 0.3 is 0 Å². The molecule has 0 amide bonds. The summed E-state index contributed by atoms with van der Waals surface area (Å²) in [7, 11) is 0. The average molecular weight is 97.2 g/mol. The van der Waals surface area contributed by atoms with Crippen LogP contribution in [0.1, 0.15) is 13.3 Å². The van der Waals surface area contributed by atoms with E-state index in [4.69, 9.17) is 0 Å². The summed E-state index contributed by atoms with van der Waals surface area (Å²) in [5, 5.41) is 3.30. The Bertz CT molecular complexity index is 76.2. The van der Waals surface area contributed by atoms with Gasteiger partial charge in [0.1, 0.15) is 0 Å². The molecule has 1 atom stereocenters. The van der Waals surface area contributed by atoms with Crippen LogP contribution in [-0.4, -0.2) is 12.6 Å². The monoisotopic (exact) mass is 97.1 g/mol. The maximum atomic E-state index is 3.30. The Labute approximate surface area is 44.4 Å². The van der Waals surface area contributed by atoms with Crippen LogP contribution in [0.2, 0.25) is 0 Å². The van der Waals surface area contributed by atoms with Crippen molar-refractivity contribution in [2.45, 2.75) is 19.4 Å². The molecule has 0 bridgehead atoms. The number of rotatable bonds is 0. The molecule has 0 saturated heterocycles. The van der Waals surface area contributed by atoms with Gasteiger partial charge in [-0.25, -0.2) is 0 Å². The highest BCUT2D eigenvalue weighted by Gasteiger charge is 1.96. The highest BCUT2D eigenvalue weighted by atomic mass is 14.9. The zero-order valence-corrected chi connectivity index (χ0v) is 4.65. The van der Waals surface area contributed by atoms with Gasteiger partial charge in [-0.2, -0.15) is 0 Å². The Kier molecular flexibility index (Phi) is 1.47. The molecule has 0 aliphatic carbocycles. The summed E-state index contributed by atoms with van der Waals surface area (Å²) >= 11 is 0. The summed E-state index contributed by atoms with van der Waals surface area (Å²) in [6.07, 6.45) is 5.62. The van der Waals surface area contributed by atoms with E-state index in [-0.39, 0.29) is 0 Å². The molecule has 1 aliphatic heterocycles. The molecule has 0 radical (unpaired) electrons. The molecular formula is C6H11N. The van der Waals surface area contributed by atoms with Crippen LogP contribution in [0.3, 0.4) is 0 Å². The van der Waals surface area contributed by atoms with E-state index in [1.54, 1.807) is 0 Å². The van der Waals surface area contributed by atoms with Gasteiger partial charge in [0.15, 0.2) is 0 Å². The molecule has 0 aromatic heterocycles. The fourth-order valence-electron chi connectivity index (χ4n) is 0.763. The fraction of sp³-hybridized carbons (Fsp3) is 0.667. The predicted molar refractivity (Wildman–Crippen MR) is 31.2 cm³/mol. The van der Waals surface area contributed by atoms with Crippen LogP contribution < -0.4 is 5.32 Å². The van der Waals surface area contributed by atoms with E-state index in [1.165, 1.54) is 6.42 Å². The molecule has 1 nitrogen and oxygen atoms in total. The lowest BCUT2D eigenvalue weighted by atomic mass is 10.2. The Morgan fingerprint density at radius 1 is 1.71 bits per heavy atom. The summed E-state index contributed by atoms with van der Waals surface area (Å²) in [5.74, 6) is 0. The van der Waals surface area contributed by atoms with E-state index in [0.29, 0.717) is 6.04 Å².